The molecule has 34 heavy (non-hydrogen) atoms. The standard InChI is InChI=1S/C25H25Br2N3O3S/c1-17-6-5-9-22(18(17)2)28-23-8-4-3-7-20(23)25(31)29-12-14-30(15-13-29)34(32,33)24-16-19(26)10-11-21(24)27/h3-11,16,28H,12-15H2,1-2H3. The molecule has 4 rings (SSSR count). The highest BCUT2D eigenvalue weighted by Crippen LogP contribution is 2.30. The fourth-order valence-corrected chi connectivity index (χ4v) is 6.81. The Morgan fingerprint density at radius 2 is 1.56 bits per heavy atom. The van der Waals surface area contributed by atoms with Gasteiger partial charge < -0.3 is 10.2 Å². The highest BCUT2D eigenvalue weighted by Gasteiger charge is 2.32. The number of hydrogen-bond donors (Lipinski definition) is 1. The van der Waals surface area contributed by atoms with E-state index < -0.39 is 10.0 Å². The molecule has 0 aliphatic carbocycles. The van der Waals surface area contributed by atoms with Crippen molar-refractivity contribution in [1.29, 1.82) is 0 Å². The first-order chi connectivity index (χ1) is 16.2. The fraction of sp³-hybridized carbons (Fsp3) is 0.240. The van der Waals surface area contributed by atoms with Gasteiger partial charge in [0.2, 0.25) is 10.0 Å². The van der Waals surface area contributed by atoms with Crippen LogP contribution in [0.25, 0.3) is 0 Å². The quantitative estimate of drug-likeness (QED) is 0.403. The first-order valence-corrected chi connectivity index (χ1v) is 13.9. The second kappa shape index (κ2) is 10.2. The minimum Gasteiger partial charge on any atom is -0.355 e. The van der Waals surface area contributed by atoms with Crippen LogP contribution in [0.15, 0.2) is 74.5 Å². The first-order valence-electron chi connectivity index (χ1n) is 10.9. The summed E-state index contributed by atoms with van der Waals surface area (Å²) in [5.74, 6) is -0.117. The maximum atomic E-state index is 13.4. The zero-order chi connectivity index (χ0) is 24.5. The van der Waals surface area contributed by atoms with Crippen molar-refractivity contribution >= 4 is 59.2 Å². The van der Waals surface area contributed by atoms with Crippen LogP contribution in [0.1, 0.15) is 21.5 Å². The van der Waals surface area contributed by atoms with Crippen LogP contribution in [0.4, 0.5) is 11.4 Å². The lowest BCUT2D eigenvalue weighted by molar-refractivity contribution is 0.0699. The highest BCUT2D eigenvalue weighted by molar-refractivity contribution is 9.11. The molecule has 1 saturated heterocycles. The number of benzene rings is 3. The average Bonchev–Trinajstić information content (AvgIpc) is 2.83. The number of aryl methyl sites for hydroxylation is 1. The monoisotopic (exact) mass is 605 g/mol. The normalized spacial score (nSPS) is 14.8. The van der Waals surface area contributed by atoms with Crippen molar-refractivity contribution in [2.24, 2.45) is 0 Å². The third-order valence-electron chi connectivity index (χ3n) is 6.07. The smallest absolute Gasteiger partial charge is 0.256 e. The van der Waals surface area contributed by atoms with Crippen LogP contribution in [0.3, 0.4) is 0 Å². The van der Waals surface area contributed by atoms with Gasteiger partial charge in [0.1, 0.15) is 0 Å². The molecular weight excluding hydrogens is 582 g/mol. The number of nitrogens with zero attached hydrogens (tertiary/aromatic N) is 2. The summed E-state index contributed by atoms with van der Waals surface area (Å²) in [6.45, 7) is 5.21. The van der Waals surface area contributed by atoms with Gasteiger partial charge in [-0.05, 0) is 77.3 Å². The van der Waals surface area contributed by atoms with Gasteiger partial charge >= 0.3 is 0 Å². The maximum absolute atomic E-state index is 13.4. The first kappa shape index (κ1) is 24.9. The minimum atomic E-state index is -3.68. The largest absolute Gasteiger partial charge is 0.355 e. The molecule has 1 N–H and O–H groups in total. The fourth-order valence-electron chi connectivity index (χ4n) is 3.93. The molecule has 1 amide bonds. The predicted molar refractivity (Wildman–Crippen MR) is 142 cm³/mol. The van der Waals surface area contributed by atoms with E-state index in [1.54, 1.807) is 29.2 Å². The number of piperazine rings is 1. The zero-order valence-electron chi connectivity index (χ0n) is 18.9. The Bertz CT molecular complexity index is 1340. The highest BCUT2D eigenvalue weighted by atomic mass is 79.9. The molecule has 1 aliphatic heterocycles. The van der Waals surface area contributed by atoms with Crippen LogP contribution in [0, 0.1) is 13.8 Å². The van der Waals surface area contributed by atoms with Crippen molar-refractivity contribution in [1.82, 2.24) is 9.21 Å². The molecular formula is C25H25Br2N3O3S. The molecule has 0 saturated carbocycles. The molecule has 9 heteroatoms. The molecule has 1 heterocycles. The predicted octanol–water partition coefficient (Wildman–Crippen LogP) is 5.72. The van der Waals surface area contributed by atoms with E-state index in [-0.39, 0.29) is 23.9 Å². The summed E-state index contributed by atoms with van der Waals surface area (Å²) in [5, 5.41) is 3.40. The Kier molecular flexibility index (Phi) is 7.47. The molecule has 0 radical (unpaired) electrons. The van der Waals surface area contributed by atoms with Gasteiger partial charge in [-0.2, -0.15) is 4.31 Å². The molecule has 3 aromatic carbocycles. The SMILES string of the molecule is Cc1cccc(Nc2ccccc2C(=O)N2CCN(S(=O)(=O)c3cc(Br)ccc3Br)CC2)c1C. The van der Waals surface area contributed by atoms with E-state index in [0.29, 0.717) is 27.6 Å². The van der Waals surface area contributed by atoms with Crippen LogP contribution in [0.5, 0.6) is 0 Å². The van der Waals surface area contributed by atoms with Gasteiger partial charge in [-0.15, -0.1) is 0 Å². The van der Waals surface area contributed by atoms with Crippen molar-refractivity contribution in [3.8, 4) is 0 Å². The molecule has 178 valence electrons. The van der Waals surface area contributed by atoms with E-state index in [9.17, 15) is 13.2 Å². The van der Waals surface area contributed by atoms with E-state index in [1.807, 2.05) is 37.3 Å². The van der Waals surface area contributed by atoms with E-state index in [0.717, 1.165) is 16.9 Å². The second-order valence-electron chi connectivity index (χ2n) is 8.19. The number of amides is 1. The Labute approximate surface area is 217 Å². The summed E-state index contributed by atoms with van der Waals surface area (Å²) in [6, 6.07) is 18.5. The van der Waals surface area contributed by atoms with E-state index in [2.05, 4.69) is 50.2 Å². The van der Waals surface area contributed by atoms with Gasteiger partial charge in [-0.3, -0.25) is 4.79 Å². The number of para-hydroxylation sites is 1. The molecule has 6 nitrogen and oxygen atoms in total. The number of sulfonamides is 1. The number of hydrogen-bond acceptors (Lipinski definition) is 4. The Morgan fingerprint density at radius 3 is 2.29 bits per heavy atom. The van der Waals surface area contributed by atoms with E-state index in [1.165, 1.54) is 9.87 Å². The van der Waals surface area contributed by atoms with Crippen molar-refractivity contribution in [2.45, 2.75) is 18.7 Å². The van der Waals surface area contributed by atoms with Crippen LogP contribution in [-0.2, 0) is 10.0 Å². The molecule has 1 aliphatic rings. The Hall–Kier alpha value is -2.20. The molecule has 0 atom stereocenters. The van der Waals surface area contributed by atoms with Crippen molar-refractivity contribution in [3.05, 3.63) is 86.3 Å². The average molecular weight is 607 g/mol. The minimum absolute atomic E-state index is 0.117. The Morgan fingerprint density at radius 1 is 0.882 bits per heavy atom. The number of rotatable bonds is 5. The van der Waals surface area contributed by atoms with Gasteiger partial charge in [-0.25, -0.2) is 8.42 Å². The van der Waals surface area contributed by atoms with Crippen molar-refractivity contribution in [2.75, 3.05) is 31.5 Å². The number of nitrogens with one attached hydrogen (secondary N) is 1. The van der Waals surface area contributed by atoms with Crippen molar-refractivity contribution in [3.63, 3.8) is 0 Å². The van der Waals surface area contributed by atoms with E-state index in [4.69, 9.17) is 0 Å². The van der Waals surface area contributed by atoms with Crippen LogP contribution >= 0.6 is 31.9 Å². The van der Waals surface area contributed by atoms with Crippen LogP contribution in [-0.4, -0.2) is 49.7 Å². The molecule has 0 aromatic heterocycles. The van der Waals surface area contributed by atoms with Gasteiger partial charge in [-0.1, -0.05) is 40.2 Å². The summed E-state index contributed by atoms with van der Waals surface area (Å²) >= 11 is 6.69. The number of anilines is 2. The van der Waals surface area contributed by atoms with Crippen LogP contribution < -0.4 is 5.32 Å². The molecule has 3 aromatic rings. The third kappa shape index (κ3) is 5.07. The van der Waals surface area contributed by atoms with Crippen molar-refractivity contribution < 1.29 is 13.2 Å². The Balaban J connectivity index is 1.50. The molecule has 0 unspecified atom stereocenters. The lowest BCUT2D eigenvalue weighted by Gasteiger charge is -2.34. The summed E-state index contributed by atoms with van der Waals surface area (Å²) in [5.41, 5.74) is 4.55. The summed E-state index contributed by atoms with van der Waals surface area (Å²) in [7, 11) is -3.68. The van der Waals surface area contributed by atoms with Gasteiger partial charge in [0.25, 0.3) is 5.91 Å². The van der Waals surface area contributed by atoms with Crippen LogP contribution in [0.2, 0.25) is 0 Å². The number of carbonyl (C=O) groups excluding carboxylic acids is 1. The summed E-state index contributed by atoms with van der Waals surface area (Å²) in [4.78, 5) is 15.3. The lowest BCUT2D eigenvalue weighted by atomic mass is 10.1. The maximum Gasteiger partial charge on any atom is 0.256 e. The summed E-state index contributed by atoms with van der Waals surface area (Å²) < 4.78 is 29.0. The van der Waals surface area contributed by atoms with E-state index >= 15 is 0 Å². The number of carbonyl (C=O) groups is 1. The topological polar surface area (TPSA) is 69.7 Å². The van der Waals surface area contributed by atoms with Gasteiger partial charge in [0.05, 0.1) is 16.1 Å². The summed E-state index contributed by atoms with van der Waals surface area (Å²) in [6.07, 6.45) is 0. The number of halogens is 2. The molecule has 1 fully saturated rings. The zero-order valence-corrected chi connectivity index (χ0v) is 22.9. The molecule has 0 spiro atoms. The lowest BCUT2D eigenvalue weighted by Crippen LogP contribution is -2.50. The second-order valence-corrected chi connectivity index (χ2v) is 11.9. The van der Waals surface area contributed by atoms with Gasteiger partial charge in [0, 0.05) is 40.8 Å². The van der Waals surface area contributed by atoms with Gasteiger partial charge in [0.15, 0.2) is 0 Å². The third-order valence-corrected chi connectivity index (χ3v) is 9.45. The molecule has 0 bridgehead atoms.